The molecule has 0 aliphatic carbocycles. The molecule has 1 heterocycles. The first kappa shape index (κ1) is 28.6. The molecule has 0 bridgehead atoms. The molecule has 12 heteroatoms. The molecular formula is C24H22BrNO9S. The van der Waals surface area contributed by atoms with Crippen LogP contribution in [0.5, 0.6) is 0 Å². The van der Waals surface area contributed by atoms with Gasteiger partial charge in [0, 0.05) is 28.0 Å². The average Bonchev–Trinajstić information content (AvgIpc) is 3.30. The van der Waals surface area contributed by atoms with Crippen LogP contribution in [0.3, 0.4) is 0 Å². The number of halogens is 1. The summed E-state index contributed by atoms with van der Waals surface area (Å²) in [6, 6.07) is 6.40. The zero-order valence-electron chi connectivity index (χ0n) is 19.9. The molecule has 1 aromatic carbocycles. The van der Waals surface area contributed by atoms with E-state index in [9.17, 15) is 24.0 Å². The van der Waals surface area contributed by atoms with E-state index in [4.69, 9.17) is 9.47 Å². The number of carbonyl (C=O) groups excluding carboxylic acids is 5. The molecular weight excluding hydrogens is 558 g/mol. The van der Waals surface area contributed by atoms with Crippen LogP contribution >= 0.6 is 27.7 Å². The molecule has 0 fully saturated rings. The van der Waals surface area contributed by atoms with Gasteiger partial charge >= 0.3 is 23.9 Å². The number of hydrogen-bond donors (Lipinski definition) is 0. The molecule has 0 N–H and O–H groups in total. The summed E-state index contributed by atoms with van der Waals surface area (Å²) in [7, 11) is 4.56. The molecule has 10 nitrogen and oxygen atoms in total. The summed E-state index contributed by atoms with van der Waals surface area (Å²) in [5.74, 6) is -3.93. The van der Waals surface area contributed by atoms with Gasteiger partial charge in [-0.2, -0.15) is 0 Å². The molecule has 0 saturated carbocycles. The Morgan fingerprint density at radius 1 is 0.889 bits per heavy atom. The number of carbonyl (C=O) groups is 5. The van der Waals surface area contributed by atoms with Gasteiger partial charge in [-0.05, 0) is 36.6 Å². The molecule has 1 aromatic heterocycles. The van der Waals surface area contributed by atoms with Gasteiger partial charge in [-0.25, -0.2) is 19.2 Å². The lowest BCUT2D eigenvalue weighted by Gasteiger charge is -2.11. The summed E-state index contributed by atoms with van der Waals surface area (Å²) >= 11 is 4.12. The lowest BCUT2D eigenvalue weighted by molar-refractivity contribution is -0.137. The van der Waals surface area contributed by atoms with Gasteiger partial charge in [-0.1, -0.05) is 27.7 Å². The van der Waals surface area contributed by atoms with E-state index >= 15 is 0 Å². The van der Waals surface area contributed by atoms with Gasteiger partial charge in [0.25, 0.3) is 0 Å². The van der Waals surface area contributed by atoms with Crippen molar-refractivity contribution in [2.45, 2.75) is 6.92 Å². The van der Waals surface area contributed by atoms with E-state index in [-0.39, 0.29) is 27.3 Å². The quantitative estimate of drug-likeness (QED) is 0.187. The summed E-state index contributed by atoms with van der Waals surface area (Å²) < 4.78 is 20.9. The topological polar surface area (TPSA) is 127 Å². The van der Waals surface area contributed by atoms with Gasteiger partial charge in [-0.3, -0.25) is 4.79 Å². The number of methoxy groups -OCH3 is 4. The van der Waals surface area contributed by atoms with Crippen LogP contribution < -0.4 is 0 Å². The standard InChI is InChI=1S/C24H22BrNO9S/c1-13(12-36-17(23(30)34-4)10-18(27)32-2)26-11-16(22(29)33-3)19(24(31)35-5)20(26)21(28)14-6-8-15(25)9-7-14/h6-12H,1-5H3/b13-12+,17-10+. The number of esters is 4. The molecule has 0 amide bonds. The van der Waals surface area contributed by atoms with Crippen LogP contribution in [-0.2, 0) is 28.5 Å². The van der Waals surface area contributed by atoms with Gasteiger partial charge in [0.15, 0.2) is 0 Å². The highest BCUT2D eigenvalue weighted by Gasteiger charge is 2.32. The first-order valence-electron chi connectivity index (χ1n) is 10.0. The van der Waals surface area contributed by atoms with E-state index in [0.29, 0.717) is 5.70 Å². The molecule has 2 rings (SSSR count). The maximum Gasteiger partial charge on any atom is 0.344 e. The lowest BCUT2D eigenvalue weighted by atomic mass is 10.0. The third-order valence-corrected chi connectivity index (χ3v) is 6.22. The van der Waals surface area contributed by atoms with Crippen LogP contribution in [0.2, 0.25) is 0 Å². The van der Waals surface area contributed by atoms with Gasteiger partial charge in [0.05, 0.1) is 34.0 Å². The predicted molar refractivity (Wildman–Crippen MR) is 134 cm³/mol. The second kappa shape index (κ2) is 12.9. The van der Waals surface area contributed by atoms with Crippen molar-refractivity contribution in [2.24, 2.45) is 0 Å². The Kier molecular flexibility index (Phi) is 10.2. The van der Waals surface area contributed by atoms with E-state index in [1.165, 1.54) is 16.2 Å². The van der Waals surface area contributed by atoms with E-state index in [1.54, 1.807) is 31.2 Å². The summed E-state index contributed by atoms with van der Waals surface area (Å²) in [5, 5.41) is 1.44. The van der Waals surface area contributed by atoms with Crippen molar-refractivity contribution in [3.05, 3.63) is 73.7 Å². The number of allylic oxidation sites excluding steroid dienone is 1. The second-order valence-corrected chi connectivity index (χ2v) is 8.68. The monoisotopic (exact) mass is 579 g/mol. The number of ketones is 1. The normalized spacial score (nSPS) is 11.5. The summed E-state index contributed by atoms with van der Waals surface area (Å²) in [5.41, 5.74) is -0.0782. The maximum absolute atomic E-state index is 13.5. The van der Waals surface area contributed by atoms with Crippen molar-refractivity contribution < 1.29 is 42.9 Å². The third kappa shape index (κ3) is 6.52. The SMILES string of the molecule is COC(=O)/C=C(/S/C=C(\C)n1cc(C(=O)OC)c(C(=O)OC)c1C(=O)c1ccc(Br)cc1)C(=O)OC. The van der Waals surface area contributed by atoms with Crippen LogP contribution in [0.25, 0.3) is 5.70 Å². The molecule has 0 saturated heterocycles. The number of hydrogen-bond acceptors (Lipinski definition) is 10. The number of nitrogens with zero attached hydrogens (tertiary/aromatic N) is 1. The Labute approximate surface area is 219 Å². The number of rotatable bonds is 9. The van der Waals surface area contributed by atoms with Crippen molar-refractivity contribution in [3.63, 3.8) is 0 Å². The molecule has 0 radical (unpaired) electrons. The van der Waals surface area contributed by atoms with Gasteiger partial charge < -0.3 is 23.5 Å². The van der Waals surface area contributed by atoms with Gasteiger partial charge in [0.2, 0.25) is 5.78 Å². The minimum Gasteiger partial charge on any atom is -0.466 e. The molecule has 0 atom stereocenters. The fourth-order valence-electron chi connectivity index (χ4n) is 2.93. The van der Waals surface area contributed by atoms with E-state index in [1.807, 2.05) is 0 Å². The maximum atomic E-state index is 13.5. The van der Waals surface area contributed by atoms with E-state index in [0.717, 1.165) is 50.7 Å². The molecule has 0 aliphatic heterocycles. The lowest BCUT2D eigenvalue weighted by Crippen LogP contribution is -2.16. The van der Waals surface area contributed by atoms with Crippen molar-refractivity contribution in [1.82, 2.24) is 4.57 Å². The summed E-state index contributed by atoms with van der Waals surface area (Å²) in [6.45, 7) is 1.57. The largest absolute Gasteiger partial charge is 0.466 e. The molecule has 0 unspecified atom stereocenters. The Morgan fingerprint density at radius 3 is 2.03 bits per heavy atom. The Bertz CT molecular complexity index is 1260. The fourth-order valence-corrected chi connectivity index (χ4v) is 3.95. The highest BCUT2D eigenvalue weighted by Crippen LogP contribution is 2.29. The molecule has 0 aliphatic rings. The number of aromatic nitrogens is 1. The highest BCUT2D eigenvalue weighted by molar-refractivity contribution is 9.10. The molecule has 36 heavy (non-hydrogen) atoms. The van der Waals surface area contributed by atoms with E-state index in [2.05, 4.69) is 25.4 Å². The third-order valence-electron chi connectivity index (χ3n) is 4.69. The minimum absolute atomic E-state index is 0.0991. The fraction of sp³-hybridized carbons (Fsp3) is 0.208. The van der Waals surface area contributed by atoms with E-state index < -0.39 is 29.7 Å². The Balaban J connectivity index is 2.74. The summed E-state index contributed by atoms with van der Waals surface area (Å²) in [6.07, 6.45) is 2.21. The second-order valence-electron chi connectivity index (χ2n) is 6.86. The smallest absolute Gasteiger partial charge is 0.344 e. The Hall–Kier alpha value is -3.64. The van der Waals surface area contributed by atoms with Crippen LogP contribution in [0, 0.1) is 0 Å². The average molecular weight is 580 g/mol. The Morgan fingerprint density at radius 2 is 1.50 bits per heavy atom. The van der Waals surface area contributed by atoms with Crippen molar-refractivity contribution >= 4 is 63.0 Å². The van der Waals surface area contributed by atoms with Crippen molar-refractivity contribution in [3.8, 4) is 0 Å². The predicted octanol–water partition coefficient (Wildman–Crippen LogP) is 3.84. The van der Waals surface area contributed by atoms with Crippen LogP contribution in [-0.4, -0.2) is 62.7 Å². The van der Waals surface area contributed by atoms with Crippen LogP contribution in [0.1, 0.15) is 43.7 Å². The number of ether oxygens (including phenoxy) is 4. The number of thioether (sulfide) groups is 1. The van der Waals surface area contributed by atoms with Crippen LogP contribution in [0.15, 0.2) is 51.3 Å². The first-order chi connectivity index (χ1) is 17.1. The zero-order chi connectivity index (χ0) is 27.0. The first-order valence-corrected chi connectivity index (χ1v) is 11.7. The molecule has 190 valence electrons. The molecule has 0 spiro atoms. The zero-order valence-corrected chi connectivity index (χ0v) is 22.4. The minimum atomic E-state index is -0.920. The van der Waals surface area contributed by atoms with Gasteiger partial charge in [-0.15, -0.1) is 0 Å². The van der Waals surface area contributed by atoms with Crippen LogP contribution in [0.4, 0.5) is 0 Å². The van der Waals surface area contributed by atoms with Crippen molar-refractivity contribution in [1.29, 1.82) is 0 Å². The number of benzene rings is 1. The summed E-state index contributed by atoms with van der Waals surface area (Å²) in [4.78, 5) is 62.4. The molecule has 2 aromatic rings. The van der Waals surface area contributed by atoms with Crippen molar-refractivity contribution in [2.75, 3.05) is 28.4 Å². The van der Waals surface area contributed by atoms with Gasteiger partial charge in [0.1, 0.15) is 16.2 Å². The highest BCUT2D eigenvalue weighted by atomic mass is 79.9.